The highest BCUT2D eigenvalue weighted by Crippen LogP contribution is 2.32. The number of nitrogens with zero attached hydrogens (tertiary/aromatic N) is 3. The number of ether oxygens (including phenoxy) is 3. The van der Waals surface area contributed by atoms with E-state index in [9.17, 15) is 0 Å². The van der Waals surface area contributed by atoms with Crippen molar-refractivity contribution in [2.75, 3.05) is 66.7 Å². The topological polar surface area (TPSA) is 58.6 Å². The van der Waals surface area contributed by atoms with Crippen LogP contribution in [0.2, 0.25) is 0 Å². The fraction of sp³-hybridized carbons (Fsp3) is 0.708. The van der Waals surface area contributed by atoms with Crippen LogP contribution in [-0.4, -0.2) is 82.5 Å². The van der Waals surface area contributed by atoms with Gasteiger partial charge in [0.25, 0.3) is 0 Å². The van der Waals surface area contributed by atoms with Crippen LogP contribution in [0.25, 0.3) is 0 Å². The van der Waals surface area contributed by atoms with E-state index in [0.29, 0.717) is 18.4 Å². The third-order valence-corrected chi connectivity index (χ3v) is 6.20. The molecule has 3 atom stereocenters. The Morgan fingerprint density at radius 3 is 2.42 bits per heavy atom. The van der Waals surface area contributed by atoms with Crippen LogP contribution in [0.3, 0.4) is 0 Å². The first-order valence-corrected chi connectivity index (χ1v) is 11.6. The van der Waals surface area contributed by atoms with Gasteiger partial charge < -0.3 is 24.4 Å². The average Bonchev–Trinajstić information content (AvgIpc) is 2.78. The zero-order valence-electron chi connectivity index (χ0n) is 19.9. The fourth-order valence-electron chi connectivity index (χ4n) is 4.82. The number of morpholine rings is 1. The molecule has 2 aliphatic rings. The molecule has 2 aliphatic heterocycles. The smallest absolute Gasteiger partial charge is 0.193 e. The van der Waals surface area contributed by atoms with Crippen LogP contribution in [0.5, 0.6) is 11.5 Å². The van der Waals surface area contributed by atoms with Crippen LogP contribution in [0.1, 0.15) is 38.8 Å². The van der Waals surface area contributed by atoms with Gasteiger partial charge in [-0.15, -0.1) is 0 Å². The number of aliphatic imine (C=N–C) groups is 1. The van der Waals surface area contributed by atoms with Gasteiger partial charge in [-0.1, -0.05) is 19.9 Å². The van der Waals surface area contributed by atoms with Crippen molar-refractivity contribution in [3.63, 3.8) is 0 Å². The number of likely N-dealkylation sites (tertiary alicyclic amines) is 1. The van der Waals surface area contributed by atoms with Gasteiger partial charge in [0.15, 0.2) is 17.5 Å². The van der Waals surface area contributed by atoms with E-state index in [-0.39, 0.29) is 6.04 Å². The summed E-state index contributed by atoms with van der Waals surface area (Å²) in [5.41, 5.74) is 1.19. The first-order chi connectivity index (χ1) is 15.0. The number of hydrogen-bond acceptors (Lipinski definition) is 5. The largest absolute Gasteiger partial charge is 0.493 e. The van der Waals surface area contributed by atoms with E-state index in [1.165, 1.54) is 12.0 Å². The van der Waals surface area contributed by atoms with Gasteiger partial charge in [-0.25, -0.2) is 0 Å². The number of nitrogens with one attached hydrogen (secondary N) is 1. The molecule has 1 aromatic carbocycles. The highest BCUT2D eigenvalue weighted by atomic mass is 16.5. The van der Waals surface area contributed by atoms with Crippen LogP contribution in [-0.2, 0) is 4.74 Å². The highest BCUT2D eigenvalue weighted by Gasteiger charge is 2.26. The normalized spacial score (nSPS) is 24.0. The van der Waals surface area contributed by atoms with Crippen molar-refractivity contribution >= 4 is 5.96 Å². The third kappa shape index (κ3) is 6.26. The minimum atomic E-state index is 0.164. The molecule has 0 spiro atoms. The molecule has 0 saturated carbocycles. The molecule has 174 valence electrons. The van der Waals surface area contributed by atoms with Gasteiger partial charge in [-0.3, -0.25) is 9.89 Å². The SMILES string of the molecule is CCNC(=NCC(c1ccc(OC)c(OC)c1)N1CCOCC1)N1CC(C)CC(C)C1. The molecular weight excluding hydrogens is 392 g/mol. The highest BCUT2D eigenvalue weighted by molar-refractivity contribution is 5.80. The molecule has 0 aliphatic carbocycles. The second-order valence-electron chi connectivity index (χ2n) is 8.82. The van der Waals surface area contributed by atoms with Gasteiger partial charge in [0.2, 0.25) is 0 Å². The minimum Gasteiger partial charge on any atom is -0.493 e. The van der Waals surface area contributed by atoms with E-state index in [4.69, 9.17) is 19.2 Å². The molecule has 2 saturated heterocycles. The molecule has 2 fully saturated rings. The van der Waals surface area contributed by atoms with Crippen LogP contribution < -0.4 is 14.8 Å². The summed E-state index contributed by atoms with van der Waals surface area (Å²) >= 11 is 0. The molecule has 0 radical (unpaired) electrons. The summed E-state index contributed by atoms with van der Waals surface area (Å²) in [5, 5.41) is 3.53. The number of benzene rings is 1. The Morgan fingerprint density at radius 1 is 1.13 bits per heavy atom. The summed E-state index contributed by atoms with van der Waals surface area (Å²) in [6.45, 7) is 13.8. The van der Waals surface area contributed by atoms with Crippen molar-refractivity contribution in [2.24, 2.45) is 16.8 Å². The van der Waals surface area contributed by atoms with Crippen molar-refractivity contribution in [1.82, 2.24) is 15.1 Å². The number of guanidine groups is 1. The number of rotatable bonds is 7. The average molecular weight is 433 g/mol. The fourth-order valence-corrected chi connectivity index (χ4v) is 4.82. The Kier molecular flexibility index (Phi) is 8.84. The second kappa shape index (κ2) is 11.6. The maximum Gasteiger partial charge on any atom is 0.193 e. The lowest BCUT2D eigenvalue weighted by Crippen LogP contribution is -2.49. The van der Waals surface area contributed by atoms with Gasteiger partial charge in [0.1, 0.15) is 0 Å². The standard InChI is InChI=1S/C24H40N4O3/c1-6-25-24(28-16-18(2)13-19(3)17-28)26-15-21(27-9-11-31-12-10-27)20-7-8-22(29-4)23(14-20)30-5/h7-8,14,18-19,21H,6,9-13,15-17H2,1-5H3,(H,25,26). The summed E-state index contributed by atoms with van der Waals surface area (Å²) in [6, 6.07) is 6.38. The maximum absolute atomic E-state index is 5.61. The Balaban J connectivity index is 1.86. The zero-order chi connectivity index (χ0) is 22.2. The van der Waals surface area contributed by atoms with Crippen molar-refractivity contribution in [3.05, 3.63) is 23.8 Å². The quantitative estimate of drug-likeness (QED) is 0.528. The first-order valence-electron chi connectivity index (χ1n) is 11.6. The lowest BCUT2D eigenvalue weighted by atomic mass is 9.92. The van der Waals surface area contributed by atoms with Crippen molar-refractivity contribution in [2.45, 2.75) is 33.2 Å². The van der Waals surface area contributed by atoms with E-state index in [0.717, 1.165) is 63.4 Å². The molecule has 7 heteroatoms. The molecule has 31 heavy (non-hydrogen) atoms. The van der Waals surface area contributed by atoms with Crippen LogP contribution in [0, 0.1) is 11.8 Å². The number of methoxy groups -OCH3 is 2. The molecule has 0 amide bonds. The number of piperidine rings is 1. The third-order valence-electron chi connectivity index (χ3n) is 6.20. The van der Waals surface area contributed by atoms with Crippen molar-refractivity contribution < 1.29 is 14.2 Å². The van der Waals surface area contributed by atoms with Crippen molar-refractivity contribution in [3.8, 4) is 11.5 Å². The number of hydrogen-bond donors (Lipinski definition) is 1. The molecule has 3 unspecified atom stereocenters. The molecule has 7 nitrogen and oxygen atoms in total. The first kappa shape index (κ1) is 23.7. The Morgan fingerprint density at radius 2 is 1.81 bits per heavy atom. The van der Waals surface area contributed by atoms with E-state index >= 15 is 0 Å². The van der Waals surface area contributed by atoms with Gasteiger partial charge in [-0.05, 0) is 42.9 Å². The zero-order valence-corrected chi connectivity index (χ0v) is 19.9. The molecule has 0 aromatic heterocycles. The Bertz CT molecular complexity index is 711. The Labute approximate surface area is 187 Å². The molecule has 1 aromatic rings. The van der Waals surface area contributed by atoms with Gasteiger partial charge in [0, 0.05) is 32.7 Å². The lowest BCUT2D eigenvalue weighted by Gasteiger charge is -2.38. The van der Waals surface area contributed by atoms with E-state index in [2.05, 4.69) is 48.0 Å². The Hall–Kier alpha value is -1.99. The van der Waals surface area contributed by atoms with Gasteiger partial charge in [-0.2, -0.15) is 0 Å². The lowest BCUT2D eigenvalue weighted by molar-refractivity contribution is 0.0178. The van der Waals surface area contributed by atoms with E-state index < -0.39 is 0 Å². The van der Waals surface area contributed by atoms with Crippen molar-refractivity contribution in [1.29, 1.82) is 0 Å². The molecule has 0 bridgehead atoms. The minimum absolute atomic E-state index is 0.164. The van der Waals surface area contributed by atoms with Crippen LogP contribution in [0.15, 0.2) is 23.2 Å². The summed E-state index contributed by atoms with van der Waals surface area (Å²) in [7, 11) is 3.36. The molecule has 3 rings (SSSR count). The second-order valence-corrected chi connectivity index (χ2v) is 8.82. The molecule has 2 heterocycles. The maximum atomic E-state index is 5.61. The summed E-state index contributed by atoms with van der Waals surface area (Å²) in [4.78, 5) is 10.0. The predicted molar refractivity (Wildman–Crippen MR) is 125 cm³/mol. The summed E-state index contributed by atoms with van der Waals surface area (Å²) < 4.78 is 16.6. The molecule has 1 N–H and O–H groups in total. The van der Waals surface area contributed by atoms with Crippen LogP contribution in [0.4, 0.5) is 0 Å². The van der Waals surface area contributed by atoms with Gasteiger partial charge >= 0.3 is 0 Å². The summed E-state index contributed by atoms with van der Waals surface area (Å²) in [5.74, 6) is 3.91. The van der Waals surface area contributed by atoms with E-state index in [1.54, 1.807) is 14.2 Å². The predicted octanol–water partition coefficient (Wildman–Crippen LogP) is 3.02. The van der Waals surface area contributed by atoms with Gasteiger partial charge in [0.05, 0.1) is 40.0 Å². The summed E-state index contributed by atoms with van der Waals surface area (Å²) in [6.07, 6.45) is 1.29. The van der Waals surface area contributed by atoms with E-state index in [1.807, 2.05) is 6.07 Å². The monoisotopic (exact) mass is 432 g/mol. The van der Waals surface area contributed by atoms with Crippen LogP contribution >= 0.6 is 0 Å². The molecular formula is C24H40N4O3.